The molecule has 0 aromatic rings. The molecule has 0 aliphatic carbocycles. The van der Waals surface area contributed by atoms with Gasteiger partial charge >= 0.3 is 17.9 Å². The van der Waals surface area contributed by atoms with Gasteiger partial charge in [-0.05, 0) is 135 Å². The number of hydrogen-bond acceptors (Lipinski definition) is 6. The minimum Gasteiger partial charge on any atom is -0.462 e. The molecule has 0 saturated heterocycles. The van der Waals surface area contributed by atoms with Crippen molar-refractivity contribution in [3.63, 3.8) is 0 Å². The van der Waals surface area contributed by atoms with Gasteiger partial charge in [-0.15, -0.1) is 0 Å². The first kappa shape index (κ1) is 74.8. The maximum absolute atomic E-state index is 12.9. The number of allylic oxidation sites excluding steroid dienone is 28. The van der Waals surface area contributed by atoms with E-state index in [0.717, 1.165) is 154 Å². The number of hydrogen-bond donors (Lipinski definition) is 0. The number of ether oxygens (including phenoxy) is 3. The van der Waals surface area contributed by atoms with E-state index in [1.165, 1.54) is 57.8 Å². The van der Waals surface area contributed by atoms with Crippen molar-refractivity contribution in [1.29, 1.82) is 0 Å². The third kappa shape index (κ3) is 63.6. The van der Waals surface area contributed by atoms with Crippen molar-refractivity contribution < 1.29 is 28.6 Å². The first-order chi connectivity index (χ1) is 39.5. The molecule has 6 heteroatoms. The van der Waals surface area contributed by atoms with Crippen LogP contribution in [0.5, 0.6) is 0 Å². The molecule has 0 fully saturated rings. The van der Waals surface area contributed by atoms with Crippen LogP contribution in [0.4, 0.5) is 0 Å². The number of esters is 3. The Hall–Kier alpha value is -5.23. The zero-order valence-corrected chi connectivity index (χ0v) is 51.3. The van der Waals surface area contributed by atoms with Crippen LogP contribution in [0.25, 0.3) is 0 Å². The van der Waals surface area contributed by atoms with Gasteiger partial charge in [0, 0.05) is 19.3 Å². The number of carbonyl (C=O) groups excluding carboxylic acids is 3. The van der Waals surface area contributed by atoms with Crippen LogP contribution in [0, 0.1) is 0 Å². The smallest absolute Gasteiger partial charge is 0.306 e. The first-order valence-corrected chi connectivity index (χ1v) is 32.1. The Balaban J connectivity index is 4.38. The molecule has 0 aromatic carbocycles. The third-order valence-corrected chi connectivity index (χ3v) is 13.0. The summed E-state index contributed by atoms with van der Waals surface area (Å²) in [6.07, 6.45) is 97.9. The maximum atomic E-state index is 12.9. The lowest BCUT2D eigenvalue weighted by Gasteiger charge is -2.18. The van der Waals surface area contributed by atoms with Crippen LogP contribution in [-0.2, 0) is 28.6 Å². The molecule has 80 heavy (non-hydrogen) atoms. The minimum atomic E-state index is -0.815. The Kier molecular flexibility index (Phi) is 61.9. The second-order valence-corrected chi connectivity index (χ2v) is 20.6. The molecule has 448 valence electrons. The Morgan fingerprint density at radius 1 is 0.263 bits per heavy atom. The first-order valence-electron chi connectivity index (χ1n) is 32.1. The Morgan fingerprint density at radius 3 is 0.787 bits per heavy atom. The molecule has 6 nitrogen and oxygen atoms in total. The van der Waals surface area contributed by atoms with Crippen LogP contribution >= 0.6 is 0 Å². The van der Waals surface area contributed by atoms with Crippen LogP contribution in [0.2, 0.25) is 0 Å². The molecule has 0 saturated carbocycles. The summed E-state index contributed by atoms with van der Waals surface area (Å²) in [5.74, 6) is -0.972. The van der Waals surface area contributed by atoms with E-state index in [0.29, 0.717) is 19.3 Å². The Bertz CT molecular complexity index is 1840. The highest BCUT2D eigenvalue weighted by molar-refractivity contribution is 5.71. The highest BCUT2D eigenvalue weighted by atomic mass is 16.6. The Labute approximate surface area is 492 Å². The van der Waals surface area contributed by atoms with Gasteiger partial charge < -0.3 is 14.2 Å². The van der Waals surface area contributed by atoms with Crippen molar-refractivity contribution in [2.24, 2.45) is 0 Å². The summed E-state index contributed by atoms with van der Waals surface area (Å²) >= 11 is 0. The summed E-state index contributed by atoms with van der Waals surface area (Å²) in [6.45, 7) is 6.34. The van der Waals surface area contributed by atoms with Crippen molar-refractivity contribution in [2.45, 2.75) is 264 Å². The molecule has 0 spiro atoms. The minimum absolute atomic E-state index is 0.106. The predicted octanol–water partition coefficient (Wildman–Crippen LogP) is 22.3. The molecule has 0 aliphatic heterocycles. The summed E-state index contributed by atoms with van der Waals surface area (Å²) in [5.41, 5.74) is 0. The highest BCUT2D eigenvalue weighted by Crippen LogP contribution is 2.14. The van der Waals surface area contributed by atoms with Gasteiger partial charge in [0.2, 0.25) is 0 Å². The lowest BCUT2D eigenvalue weighted by Crippen LogP contribution is -2.30. The van der Waals surface area contributed by atoms with Gasteiger partial charge in [0.1, 0.15) is 13.2 Å². The van der Waals surface area contributed by atoms with Gasteiger partial charge in [-0.1, -0.05) is 274 Å². The van der Waals surface area contributed by atoms with Gasteiger partial charge in [0.15, 0.2) is 6.10 Å². The summed E-state index contributed by atoms with van der Waals surface area (Å²) < 4.78 is 16.8. The van der Waals surface area contributed by atoms with Gasteiger partial charge in [0.25, 0.3) is 0 Å². The molecule has 0 aliphatic rings. The topological polar surface area (TPSA) is 78.9 Å². The highest BCUT2D eigenvalue weighted by Gasteiger charge is 2.19. The molecule has 0 heterocycles. The van der Waals surface area contributed by atoms with Crippen molar-refractivity contribution in [3.05, 3.63) is 170 Å². The van der Waals surface area contributed by atoms with Crippen LogP contribution in [0.15, 0.2) is 170 Å². The van der Waals surface area contributed by atoms with Crippen LogP contribution in [0.1, 0.15) is 258 Å². The molecule has 0 aromatic heterocycles. The van der Waals surface area contributed by atoms with E-state index in [1.807, 2.05) is 0 Å². The predicted molar refractivity (Wildman–Crippen MR) is 348 cm³/mol. The van der Waals surface area contributed by atoms with E-state index >= 15 is 0 Å². The second-order valence-electron chi connectivity index (χ2n) is 20.6. The average molecular weight is 1100 g/mol. The molecule has 0 bridgehead atoms. The fraction of sp³-hybridized carbons (Fsp3) is 0.581. The van der Waals surface area contributed by atoms with E-state index in [1.54, 1.807) is 0 Å². The fourth-order valence-electron chi connectivity index (χ4n) is 8.23. The van der Waals surface area contributed by atoms with Gasteiger partial charge in [-0.25, -0.2) is 0 Å². The van der Waals surface area contributed by atoms with E-state index in [-0.39, 0.29) is 37.5 Å². The van der Waals surface area contributed by atoms with Gasteiger partial charge in [0.05, 0.1) is 0 Å². The molecule has 0 N–H and O–H groups in total. The number of unbranched alkanes of at least 4 members (excludes halogenated alkanes) is 17. The summed E-state index contributed by atoms with van der Waals surface area (Å²) in [5, 5.41) is 0. The second kappa shape index (κ2) is 66.3. The van der Waals surface area contributed by atoms with E-state index in [2.05, 4.69) is 191 Å². The van der Waals surface area contributed by atoms with Crippen LogP contribution in [0.3, 0.4) is 0 Å². The summed E-state index contributed by atoms with van der Waals surface area (Å²) in [4.78, 5) is 38.2. The lowest BCUT2D eigenvalue weighted by molar-refractivity contribution is -0.167. The van der Waals surface area contributed by atoms with Crippen molar-refractivity contribution in [2.75, 3.05) is 13.2 Å². The normalized spacial score (nSPS) is 13.3. The number of carbonyl (C=O) groups is 3. The molecule has 1 atom stereocenters. The number of rotatable bonds is 56. The molecule has 1 unspecified atom stereocenters. The molecule has 0 radical (unpaired) electrons. The SMILES string of the molecule is CC/C=C\C/C=C\C/C=C\C/C=C\C/C=C\C/C=C\C/C=C\C/C=C\CCCCCCCCC(=O)OCC(COC(=O)CCCCCCCCCCCC)OC(=O)CCCC/C=C\C/C=C\C/C=C\C/C=C\C/C=C\C/C=C\CC. The van der Waals surface area contributed by atoms with E-state index in [9.17, 15) is 14.4 Å². The van der Waals surface area contributed by atoms with Gasteiger partial charge in [-0.3, -0.25) is 14.4 Å². The molecule has 0 rings (SSSR count). The van der Waals surface area contributed by atoms with Crippen molar-refractivity contribution in [3.8, 4) is 0 Å². The van der Waals surface area contributed by atoms with Crippen LogP contribution < -0.4 is 0 Å². The Morgan fingerprint density at radius 2 is 0.487 bits per heavy atom. The van der Waals surface area contributed by atoms with Crippen LogP contribution in [-0.4, -0.2) is 37.2 Å². The average Bonchev–Trinajstić information content (AvgIpc) is 3.46. The van der Waals surface area contributed by atoms with Crippen molar-refractivity contribution in [1.82, 2.24) is 0 Å². The maximum Gasteiger partial charge on any atom is 0.306 e. The molecular weight excluding hydrogens is 985 g/mol. The zero-order valence-electron chi connectivity index (χ0n) is 51.3. The standard InChI is InChI=1S/C74H116O6/c1-4-7-10-13-16-19-22-24-26-28-30-32-33-34-35-36-37-38-39-40-41-43-44-46-48-50-52-55-58-61-64-67-73(76)79-70-71(69-78-72(75)66-63-60-57-54-21-18-15-12-9-6-3)80-74(77)68-65-62-59-56-53-51-49-47-45-42-31-29-27-25-23-20-17-14-11-8-5-2/h7-8,10-11,16-17,19-20,24-27,30-32,34-35,37-38,40-42,44,46-47,49,53,56,71H,4-6,9,12-15,18,21-23,28-29,33,36,39,43,45,48,50-52,54-55,57-70H2,1-3H3/b10-7-,11-8-,19-16-,20-17-,26-24-,27-25-,32-30-,35-34-,38-37-,41-40-,42-31-,46-44-,49-47-,56-53-. The molecule has 0 amide bonds. The monoisotopic (exact) mass is 1100 g/mol. The third-order valence-electron chi connectivity index (χ3n) is 13.0. The zero-order chi connectivity index (χ0) is 57.8. The quantitative estimate of drug-likeness (QED) is 0.0261. The lowest BCUT2D eigenvalue weighted by atomic mass is 10.1. The fourth-order valence-corrected chi connectivity index (χ4v) is 8.23. The van der Waals surface area contributed by atoms with E-state index in [4.69, 9.17) is 14.2 Å². The van der Waals surface area contributed by atoms with Crippen molar-refractivity contribution >= 4 is 17.9 Å². The largest absolute Gasteiger partial charge is 0.462 e. The van der Waals surface area contributed by atoms with E-state index < -0.39 is 6.10 Å². The van der Waals surface area contributed by atoms with Gasteiger partial charge in [-0.2, -0.15) is 0 Å². The summed E-state index contributed by atoms with van der Waals surface area (Å²) in [7, 11) is 0. The molecular formula is C74H116O6. The summed E-state index contributed by atoms with van der Waals surface area (Å²) in [6, 6.07) is 0.